The van der Waals surface area contributed by atoms with Gasteiger partial charge in [0.25, 0.3) is 5.91 Å². The van der Waals surface area contributed by atoms with Gasteiger partial charge >= 0.3 is 0 Å². The van der Waals surface area contributed by atoms with Crippen LogP contribution in [-0.2, 0) is 0 Å². The minimum atomic E-state index is -0.0510. The number of likely N-dealkylation sites (tertiary alicyclic amines) is 1. The van der Waals surface area contributed by atoms with E-state index in [2.05, 4.69) is 22.9 Å². The van der Waals surface area contributed by atoms with Gasteiger partial charge in [0.2, 0.25) is 0 Å². The van der Waals surface area contributed by atoms with Gasteiger partial charge in [-0.2, -0.15) is 0 Å². The Bertz CT molecular complexity index is 461. The molecule has 0 aromatic heterocycles. The summed E-state index contributed by atoms with van der Waals surface area (Å²) in [6.07, 6.45) is 0.959. The largest absolute Gasteiger partial charge is 0.394 e. The first-order chi connectivity index (χ1) is 8.56. The molecule has 1 amide bonds. The minimum Gasteiger partial charge on any atom is -0.394 e. The van der Waals surface area contributed by atoms with Crippen LogP contribution in [0.2, 0.25) is 0 Å². The SMILES string of the molecule is Cc1cccc(C(=O)N2CCC(C)C2CO)c1Br. The third-order valence-electron chi connectivity index (χ3n) is 3.75. The van der Waals surface area contributed by atoms with Crippen LogP contribution in [0.15, 0.2) is 22.7 Å². The van der Waals surface area contributed by atoms with E-state index in [1.165, 1.54) is 0 Å². The van der Waals surface area contributed by atoms with Crippen molar-refractivity contribution in [3.8, 4) is 0 Å². The minimum absolute atomic E-state index is 0.00831. The second-order valence-electron chi connectivity index (χ2n) is 4.95. The van der Waals surface area contributed by atoms with Crippen LogP contribution >= 0.6 is 15.9 Å². The van der Waals surface area contributed by atoms with Gasteiger partial charge < -0.3 is 10.0 Å². The predicted molar refractivity (Wildman–Crippen MR) is 74.6 cm³/mol. The average molecular weight is 312 g/mol. The lowest BCUT2D eigenvalue weighted by Gasteiger charge is -2.25. The number of amides is 1. The van der Waals surface area contributed by atoms with Crippen molar-refractivity contribution < 1.29 is 9.90 Å². The molecule has 98 valence electrons. The Morgan fingerprint density at radius 3 is 2.94 bits per heavy atom. The van der Waals surface area contributed by atoms with Crippen molar-refractivity contribution in [2.45, 2.75) is 26.3 Å². The monoisotopic (exact) mass is 311 g/mol. The maximum absolute atomic E-state index is 12.5. The highest BCUT2D eigenvalue weighted by Crippen LogP contribution is 2.28. The lowest BCUT2D eigenvalue weighted by atomic mass is 10.0. The van der Waals surface area contributed by atoms with Gasteiger partial charge in [0.05, 0.1) is 18.2 Å². The number of rotatable bonds is 2. The van der Waals surface area contributed by atoms with Gasteiger partial charge in [-0.05, 0) is 46.8 Å². The molecule has 4 heteroatoms. The number of benzene rings is 1. The zero-order valence-electron chi connectivity index (χ0n) is 10.7. The van der Waals surface area contributed by atoms with Crippen LogP contribution in [0.5, 0.6) is 0 Å². The Labute approximate surface area is 116 Å². The van der Waals surface area contributed by atoms with Crippen molar-refractivity contribution in [1.29, 1.82) is 0 Å². The summed E-state index contributed by atoms with van der Waals surface area (Å²) in [5, 5.41) is 9.42. The molecule has 1 aliphatic heterocycles. The number of hydrogen-bond acceptors (Lipinski definition) is 2. The number of aliphatic hydroxyl groups excluding tert-OH is 1. The normalized spacial score (nSPS) is 23.4. The van der Waals surface area contributed by atoms with Crippen molar-refractivity contribution >= 4 is 21.8 Å². The van der Waals surface area contributed by atoms with Crippen LogP contribution in [0, 0.1) is 12.8 Å². The Morgan fingerprint density at radius 2 is 2.28 bits per heavy atom. The number of hydrogen-bond donors (Lipinski definition) is 1. The van der Waals surface area contributed by atoms with E-state index < -0.39 is 0 Å². The van der Waals surface area contributed by atoms with Gasteiger partial charge in [-0.3, -0.25) is 4.79 Å². The Hall–Kier alpha value is -0.870. The lowest BCUT2D eigenvalue weighted by Crippen LogP contribution is -2.40. The molecule has 1 N–H and O–H groups in total. The first-order valence-electron chi connectivity index (χ1n) is 6.23. The summed E-state index contributed by atoms with van der Waals surface area (Å²) >= 11 is 3.47. The van der Waals surface area contributed by atoms with E-state index >= 15 is 0 Å². The van der Waals surface area contributed by atoms with Crippen LogP contribution in [-0.4, -0.2) is 35.1 Å². The lowest BCUT2D eigenvalue weighted by molar-refractivity contribution is 0.0647. The highest BCUT2D eigenvalue weighted by atomic mass is 79.9. The maximum Gasteiger partial charge on any atom is 0.255 e. The maximum atomic E-state index is 12.5. The topological polar surface area (TPSA) is 40.5 Å². The highest BCUT2D eigenvalue weighted by Gasteiger charge is 2.34. The van der Waals surface area contributed by atoms with Crippen LogP contribution in [0.4, 0.5) is 0 Å². The molecular formula is C14H18BrNO2. The third-order valence-corrected chi connectivity index (χ3v) is 4.81. The quantitative estimate of drug-likeness (QED) is 0.912. The fourth-order valence-corrected chi connectivity index (χ4v) is 2.94. The second kappa shape index (κ2) is 5.41. The smallest absolute Gasteiger partial charge is 0.255 e. The number of halogens is 1. The molecule has 1 aromatic rings. The third kappa shape index (κ3) is 2.31. The molecular weight excluding hydrogens is 294 g/mol. The van der Waals surface area contributed by atoms with E-state index in [0.717, 1.165) is 23.0 Å². The van der Waals surface area contributed by atoms with E-state index in [1.54, 1.807) is 4.90 Å². The van der Waals surface area contributed by atoms with E-state index in [4.69, 9.17) is 0 Å². The standard InChI is InChI=1S/C14H18BrNO2/c1-9-6-7-16(12(9)8-17)14(18)11-5-3-4-10(2)13(11)15/h3-5,9,12,17H,6-8H2,1-2H3. The zero-order chi connectivity index (χ0) is 13.3. The summed E-state index contributed by atoms with van der Waals surface area (Å²) in [7, 11) is 0. The molecule has 2 unspecified atom stereocenters. The van der Waals surface area contributed by atoms with E-state index in [0.29, 0.717) is 11.5 Å². The Balaban J connectivity index is 2.29. The molecule has 1 heterocycles. The first kappa shape index (κ1) is 13.6. The summed E-state index contributed by atoms with van der Waals surface area (Å²) in [6, 6.07) is 5.64. The van der Waals surface area contributed by atoms with Gasteiger partial charge in [0.15, 0.2) is 0 Å². The Kier molecular flexibility index (Phi) is 4.07. The van der Waals surface area contributed by atoms with Crippen LogP contribution < -0.4 is 0 Å². The molecule has 0 aliphatic carbocycles. The van der Waals surface area contributed by atoms with Crippen molar-refractivity contribution in [2.75, 3.05) is 13.2 Å². The van der Waals surface area contributed by atoms with Crippen LogP contribution in [0.25, 0.3) is 0 Å². The molecule has 0 spiro atoms. The van der Waals surface area contributed by atoms with Crippen molar-refractivity contribution in [2.24, 2.45) is 5.92 Å². The highest BCUT2D eigenvalue weighted by molar-refractivity contribution is 9.10. The van der Waals surface area contributed by atoms with E-state index in [-0.39, 0.29) is 18.6 Å². The zero-order valence-corrected chi connectivity index (χ0v) is 12.3. The summed E-state index contributed by atoms with van der Waals surface area (Å²) in [5.41, 5.74) is 1.73. The summed E-state index contributed by atoms with van der Waals surface area (Å²) in [6.45, 7) is 4.82. The second-order valence-corrected chi connectivity index (χ2v) is 5.74. The fourth-order valence-electron chi connectivity index (χ4n) is 2.51. The van der Waals surface area contributed by atoms with Crippen molar-refractivity contribution in [3.05, 3.63) is 33.8 Å². The molecule has 0 radical (unpaired) electrons. The number of aryl methyl sites for hydroxylation is 1. The number of carbonyl (C=O) groups is 1. The van der Waals surface area contributed by atoms with Crippen molar-refractivity contribution in [3.63, 3.8) is 0 Å². The Morgan fingerprint density at radius 1 is 1.56 bits per heavy atom. The predicted octanol–water partition coefficient (Wildman–Crippen LogP) is 2.60. The molecule has 3 nitrogen and oxygen atoms in total. The van der Waals surface area contributed by atoms with Gasteiger partial charge in [0, 0.05) is 11.0 Å². The molecule has 0 saturated carbocycles. The molecule has 18 heavy (non-hydrogen) atoms. The summed E-state index contributed by atoms with van der Waals surface area (Å²) in [4.78, 5) is 14.3. The summed E-state index contributed by atoms with van der Waals surface area (Å²) in [5.74, 6) is 0.372. The van der Waals surface area contributed by atoms with Gasteiger partial charge in [0.1, 0.15) is 0 Å². The number of aliphatic hydroxyl groups is 1. The van der Waals surface area contributed by atoms with E-state index in [9.17, 15) is 9.90 Å². The average Bonchev–Trinajstić information content (AvgIpc) is 2.73. The summed E-state index contributed by atoms with van der Waals surface area (Å²) < 4.78 is 0.853. The molecule has 1 aromatic carbocycles. The van der Waals surface area contributed by atoms with Gasteiger partial charge in [-0.15, -0.1) is 0 Å². The molecule has 1 saturated heterocycles. The fraction of sp³-hybridized carbons (Fsp3) is 0.500. The molecule has 1 aliphatic rings. The van der Waals surface area contributed by atoms with Gasteiger partial charge in [-0.1, -0.05) is 19.1 Å². The van der Waals surface area contributed by atoms with Crippen LogP contribution in [0.3, 0.4) is 0 Å². The van der Waals surface area contributed by atoms with Crippen LogP contribution in [0.1, 0.15) is 29.3 Å². The first-order valence-corrected chi connectivity index (χ1v) is 7.02. The molecule has 2 atom stereocenters. The molecule has 1 fully saturated rings. The molecule has 2 rings (SSSR count). The molecule has 0 bridgehead atoms. The number of carbonyl (C=O) groups excluding carboxylic acids is 1. The van der Waals surface area contributed by atoms with Crippen molar-refractivity contribution in [1.82, 2.24) is 4.90 Å². The van der Waals surface area contributed by atoms with Gasteiger partial charge in [-0.25, -0.2) is 0 Å². The van der Waals surface area contributed by atoms with E-state index in [1.807, 2.05) is 25.1 Å². The number of nitrogens with zero attached hydrogens (tertiary/aromatic N) is 1.